The van der Waals surface area contributed by atoms with E-state index in [0.717, 1.165) is 10.9 Å². The number of H-pyrrole nitrogens is 1. The van der Waals surface area contributed by atoms with Crippen molar-refractivity contribution in [2.75, 3.05) is 0 Å². The Bertz CT molecular complexity index is 542. The first-order valence-electron chi connectivity index (χ1n) is 6.57. The summed E-state index contributed by atoms with van der Waals surface area (Å²) in [6, 6.07) is 8.56. The van der Waals surface area contributed by atoms with Crippen LogP contribution >= 0.6 is 15.9 Å². The molecule has 18 heavy (non-hydrogen) atoms. The van der Waals surface area contributed by atoms with Gasteiger partial charge in [0.15, 0.2) is 0 Å². The van der Waals surface area contributed by atoms with Gasteiger partial charge in [-0.3, -0.25) is 5.10 Å². The van der Waals surface area contributed by atoms with Crippen LogP contribution in [0.1, 0.15) is 48.2 Å². The minimum Gasteiger partial charge on any atom is -0.282 e. The molecule has 0 saturated carbocycles. The average Bonchev–Trinajstić information content (AvgIpc) is 2.82. The molecule has 0 aliphatic heterocycles. The number of rotatable bonds is 2. The number of aromatic amines is 1. The molecule has 1 aliphatic carbocycles. The van der Waals surface area contributed by atoms with Gasteiger partial charge in [0.25, 0.3) is 0 Å². The number of aromatic nitrogens is 2. The summed E-state index contributed by atoms with van der Waals surface area (Å²) in [4.78, 5) is 0. The molecular weight excluding hydrogens is 288 g/mol. The first-order valence-corrected chi connectivity index (χ1v) is 7.36. The highest BCUT2D eigenvalue weighted by Crippen LogP contribution is 2.31. The molecule has 0 bridgehead atoms. The lowest BCUT2D eigenvalue weighted by atomic mass is 9.89. The fourth-order valence-electron chi connectivity index (χ4n) is 2.77. The van der Waals surface area contributed by atoms with Crippen molar-refractivity contribution in [1.29, 1.82) is 0 Å². The predicted molar refractivity (Wildman–Crippen MR) is 76.9 cm³/mol. The van der Waals surface area contributed by atoms with Gasteiger partial charge in [-0.25, -0.2) is 0 Å². The second-order valence-corrected chi connectivity index (χ2v) is 5.96. The SMILES string of the molecule is CC(c1ccc(Br)cc1)c1n[nH]c2c1CCCC2. The van der Waals surface area contributed by atoms with Gasteiger partial charge in [-0.15, -0.1) is 0 Å². The van der Waals surface area contributed by atoms with Crippen LogP contribution in [0.4, 0.5) is 0 Å². The van der Waals surface area contributed by atoms with Crippen molar-refractivity contribution in [3.05, 3.63) is 51.3 Å². The molecule has 3 heteroatoms. The molecule has 1 aliphatic rings. The Morgan fingerprint density at radius 3 is 2.67 bits per heavy atom. The molecule has 1 aromatic heterocycles. The topological polar surface area (TPSA) is 28.7 Å². The van der Waals surface area contributed by atoms with Gasteiger partial charge in [-0.05, 0) is 48.9 Å². The lowest BCUT2D eigenvalue weighted by Crippen LogP contribution is -2.05. The Hall–Kier alpha value is -1.09. The standard InChI is InChI=1S/C15H17BrN2/c1-10(11-6-8-12(16)9-7-11)15-13-4-2-3-5-14(13)17-18-15/h6-10H,2-5H2,1H3,(H,17,18). The average molecular weight is 305 g/mol. The summed E-state index contributed by atoms with van der Waals surface area (Å²) in [6.45, 7) is 2.24. The third-order valence-corrected chi connectivity index (χ3v) is 4.40. The molecule has 0 amide bonds. The van der Waals surface area contributed by atoms with Crippen LogP contribution in [0.15, 0.2) is 28.7 Å². The van der Waals surface area contributed by atoms with Gasteiger partial charge in [0.1, 0.15) is 0 Å². The minimum atomic E-state index is 0.371. The largest absolute Gasteiger partial charge is 0.282 e. The van der Waals surface area contributed by atoms with E-state index in [2.05, 4.69) is 57.3 Å². The van der Waals surface area contributed by atoms with Crippen molar-refractivity contribution in [2.24, 2.45) is 0 Å². The van der Waals surface area contributed by atoms with Gasteiger partial charge in [0.2, 0.25) is 0 Å². The van der Waals surface area contributed by atoms with E-state index in [1.54, 1.807) is 0 Å². The molecule has 0 radical (unpaired) electrons. The number of hydrogen-bond donors (Lipinski definition) is 1. The zero-order valence-corrected chi connectivity index (χ0v) is 12.1. The Labute approximate surface area is 116 Å². The third-order valence-electron chi connectivity index (χ3n) is 3.87. The van der Waals surface area contributed by atoms with Crippen LogP contribution in [-0.4, -0.2) is 10.2 Å². The molecule has 0 fully saturated rings. The fourth-order valence-corrected chi connectivity index (χ4v) is 3.04. The number of aryl methyl sites for hydroxylation is 1. The number of benzene rings is 1. The van der Waals surface area contributed by atoms with Crippen LogP contribution < -0.4 is 0 Å². The van der Waals surface area contributed by atoms with Crippen molar-refractivity contribution < 1.29 is 0 Å². The van der Waals surface area contributed by atoms with E-state index in [0.29, 0.717) is 5.92 Å². The summed E-state index contributed by atoms with van der Waals surface area (Å²) in [6.07, 6.45) is 4.94. The first kappa shape index (κ1) is 12.0. The molecule has 0 spiro atoms. The van der Waals surface area contributed by atoms with Gasteiger partial charge in [-0.1, -0.05) is 35.0 Å². The fraction of sp³-hybridized carbons (Fsp3) is 0.400. The maximum absolute atomic E-state index is 4.56. The van der Waals surface area contributed by atoms with Crippen LogP contribution in [0.5, 0.6) is 0 Å². The van der Waals surface area contributed by atoms with E-state index in [9.17, 15) is 0 Å². The first-order chi connectivity index (χ1) is 8.75. The monoisotopic (exact) mass is 304 g/mol. The molecule has 1 unspecified atom stereocenters. The van der Waals surface area contributed by atoms with Crippen molar-refractivity contribution in [3.8, 4) is 0 Å². The molecule has 1 N–H and O–H groups in total. The molecule has 1 atom stereocenters. The van der Waals surface area contributed by atoms with E-state index in [1.165, 1.54) is 41.8 Å². The molecule has 0 saturated heterocycles. The van der Waals surface area contributed by atoms with E-state index in [-0.39, 0.29) is 0 Å². The highest BCUT2D eigenvalue weighted by atomic mass is 79.9. The minimum absolute atomic E-state index is 0.371. The van der Waals surface area contributed by atoms with Crippen LogP contribution in [0.2, 0.25) is 0 Å². The van der Waals surface area contributed by atoms with E-state index in [1.807, 2.05) is 0 Å². The number of fused-ring (bicyclic) bond motifs is 1. The summed E-state index contributed by atoms with van der Waals surface area (Å²) in [5, 5.41) is 7.79. The van der Waals surface area contributed by atoms with Crippen LogP contribution in [0.3, 0.4) is 0 Å². The highest BCUT2D eigenvalue weighted by molar-refractivity contribution is 9.10. The maximum Gasteiger partial charge on any atom is 0.0728 e. The van der Waals surface area contributed by atoms with Crippen LogP contribution in [0, 0.1) is 0 Å². The zero-order valence-electron chi connectivity index (χ0n) is 10.5. The quantitative estimate of drug-likeness (QED) is 0.885. The van der Waals surface area contributed by atoms with Crippen molar-refractivity contribution in [1.82, 2.24) is 10.2 Å². The van der Waals surface area contributed by atoms with Gasteiger partial charge in [-0.2, -0.15) is 5.10 Å². The summed E-state index contributed by atoms with van der Waals surface area (Å²) >= 11 is 3.48. The Kier molecular flexibility index (Phi) is 3.25. The molecule has 2 aromatic rings. The van der Waals surface area contributed by atoms with Crippen molar-refractivity contribution >= 4 is 15.9 Å². The van der Waals surface area contributed by atoms with Gasteiger partial charge >= 0.3 is 0 Å². The predicted octanol–water partition coefficient (Wildman–Crippen LogP) is 4.20. The number of nitrogens with zero attached hydrogens (tertiary/aromatic N) is 1. The van der Waals surface area contributed by atoms with Crippen molar-refractivity contribution in [3.63, 3.8) is 0 Å². The summed E-state index contributed by atoms with van der Waals surface area (Å²) in [5.74, 6) is 0.371. The number of nitrogens with one attached hydrogen (secondary N) is 1. The molecule has 3 rings (SSSR count). The summed E-state index contributed by atoms with van der Waals surface area (Å²) in [7, 11) is 0. The normalized spacial score (nSPS) is 16.3. The number of halogens is 1. The molecule has 2 nitrogen and oxygen atoms in total. The second kappa shape index (κ2) is 4.88. The van der Waals surface area contributed by atoms with Gasteiger partial charge in [0.05, 0.1) is 5.69 Å². The molecule has 1 aromatic carbocycles. The maximum atomic E-state index is 4.56. The van der Waals surface area contributed by atoms with E-state index >= 15 is 0 Å². The lowest BCUT2D eigenvalue weighted by molar-refractivity contribution is 0.670. The Morgan fingerprint density at radius 1 is 1.17 bits per heavy atom. The van der Waals surface area contributed by atoms with E-state index < -0.39 is 0 Å². The smallest absolute Gasteiger partial charge is 0.0728 e. The summed E-state index contributed by atoms with van der Waals surface area (Å²) < 4.78 is 1.13. The molecule has 1 heterocycles. The number of hydrogen-bond acceptors (Lipinski definition) is 1. The van der Waals surface area contributed by atoms with Crippen molar-refractivity contribution in [2.45, 2.75) is 38.5 Å². The molecular formula is C15H17BrN2. The highest BCUT2D eigenvalue weighted by Gasteiger charge is 2.21. The third kappa shape index (κ3) is 2.12. The van der Waals surface area contributed by atoms with Crippen LogP contribution in [0.25, 0.3) is 0 Å². The summed E-state index contributed by atoms with van der Waals surface area (Å²) in [5.41, 5.74) is 5.40. The van der Waals surface area contributed by atoms with E-state index in [4.69, 9.17) is 0 Å². The second-order valence-electron chi connectivity index (χ2n) is 5.05. The van der Waals surface area contributed by atoms with Gasteiger partial charge in [0, 0.05) is 16.1 Å². The van der Waals surface area contributed by atoms with Crippen LogP contribution in [-0.2, 0) is 12.8 Å². The lowest BCUT2D eigenvalue weighted by Gasteiger charge is -2.15. The Morgan fingerprint density at radius 2 is 1.89 bits per heavy atom. The Balaban J connectivity index is 1.94. The zero-order chi connectivity index (χ0) is 12.5. The molecule has 94 valence electrons. The van der Waals surface area contributed by atoms with Gasteiger partial charge < -0.3 is 0 Å².